The number of hydrogen-bond donors (Lipinski definition) is 1. The fourth-order valence-corrected chi connectivity index (χ4v) is 4.85. The lowest BCUT2D eigenvalue weighted by atomic mass is 9.85. The van der Waals surface area contributed by atoms with Crippen molar-refractivity contribution in [2.75, 3.05) is 25.0 Å². The molecule has 168 valence electrons. The molecule has 0 saturated carbocycles. The van der Waals surface area contributed by atoms with Crippen LogP contribution in [0.1, 0.15) is 38.8 Å². The first-order valence-corrected chi connectivity index (χ1v) is 11.6. The number of rotatable bonds is 9. The lowest BCUT2D eigenvalue weighted by molar-refractivity contribution is -0.152. The number of nitrogens with one attached hydrogen (secondary N) is 1. The molecule has 0 radical (unpaired) electrons. The third-order valence-corrected chi connectivity index (χ3v) is 7.33. The highest BCUT2D eigenvalue weighted by Gasteiger charge is 2.32. The standard InChI is InChI=1S/C23H30N2O5S/c1-6-25(7-2)31(28,29)20-15-19(14-13-17(20)3)24-21(26)16-30-22(27)23(4,5)18-11-9-8-10-12-18/h8-15H,6-7,16H2,1-5H3,(H,24,26). The third-order valence-electron chi connectivity index (χ3n) is 5.14. The van der Waals surface area contributed by atoms with Gasteiger partial charge in [-0.25, -0.2) is 8.42 Å². The highest BCUT2D eigenvalue weighted by molar-refractivity contribution is 7.89. The summed E-state index contributed by atoms with van der Waals surface area (Å²) in [6, 6.07) is 13.8. The number of esters is 1. The van der Waals surface area contributed by atoms with E-state index in [9.17, 15) is 18.0 Å². The maximum Gasteiger partial charge on any atom is 0.316 e. The average molecular weight is 447 g/mol. The molecular weight excluding hydrogens is 416 g/mol. The fourth-order valence-electron chi connectivity index (χ4n) is 3.14. The second-order valence-corrected chi connectivity index (χ2v) is 9.59. The second-order valence-electron chi connectivity index (χ2n) is 7.68. The molecule has 0 spiro atoms. The van der Waals surface area contributed by atoms with Gasteiger partial charge in [-0.2, -0.15) is 4.31 Å². The molecule has 0 saturated heterocycles. The smallest absolute Gasteiger partial charge is 0.316 e. The van der Waals surface area contributed by atoms with Crippen molar-refractivity contribution in [2.24, 2.45) is 0 Å². The van der Waals surface area contributed by atoms with E-state index in [4.69, 9.17) is 4.74 Å². The molecule has 2 rings (SSSR count). The van der Waals surface area contributed by atoms with Crippen LogP contribution in [0.5, 0.6) is 0 Å². The summed E-state index contributed by atoms with van der Waals surface area (Å²) in [5, 5.41) is 2.60. The first-order valence-electron chi connectivity index (χ1n) is 10.2. The zero-order chi connectivity index (χ0) is 23.2. The van der Waals surface area contributed by atoms with Crippen molar-refractivity contribution in [1.82, 2.24) is 4.31 Å². The Morgan fingerprint density at radius 1 is 1.03 bits per heavy atom. The van der Waals surface area contributed by atoms with Crippen LogP contribution in [0.4, 0.5) is 5.69 Å². The molecule has 0 bridgehead atoms. The Hall–Kier alpha value is -2.71. The number of amides is 1. The van der Waals surface area contributed by atoms with Crippen LogP contribution in [0.3, 0.4) is 0 Å². The normalized spacial score (nSPS) is 11.9. The lowest BCUT2D eigenvalue weighted by Crippen LogP contribution is -2.33. The summed E-state index contributed by atoms with van der Waals surface area (Å²) >= 11 is 0. The quantitative estimate of drug-likeness (QED) is 0.595. The molecule has 0 aliphatic carbocycles. The van der Waals surface area contributed by atoms with Crippen molar-refractivity contribution in [3.8, 4) is 0 Å². The number of hydrogen-bond acceptors (Lipinski definition) is 5. The van der Waals surface area contributed by atoms with Gasteiger partial charge in [0.15, 0.2) is 6.61 Å². The number of carbonyl (C=O) groups is 2. The van der Waals surface area contributed by atoms with Gasteiger partial charge in [0.2, 0.25) is 10.0 Å². The van der Waals surface area contributed by atoms with Crippen molar-refractivity contribution in [1.29, 1.82) is 0 Å². The van der Waals surface area contributed by atoms with E-state index in [0.717, 1.165) is 5.56 Å². The highest BCUT2D eigenvalue weighted by Crippen LogP contribution is 2.25. The molecule has 1 amide bonds. The number of carbonyl (C=O) groups excluding carboxylic acids is 2. The molecule has 2 aromatic rings. The minimum absolute atomic E-state index is 0.135. The Balaban J connectivity index is 2.09. The number of anilines is 1. The molecule has 0 heterocycles. The Morgan fingerprint density at radius 2 is 1.65 bits per heavy atom. The van der Waals surface area contributed by atoms with Crippen molar-refractivity contribution in [3.05, 3.63) is 59.7 Å². The maximum atomic E-state index is 12.9. The van der Waals surface area contributed by atoms with Crippen molar-refractivity contribution in [2.45, 2.75) is 44.9 Å². The molecule has 0 aliphatic heterocycles. The van der Waals surface area contributed by atoms with E-state index in [2.05, 4.69) is 5.32 Å². The summed E-state index contributed by atoms with van der Waals surface area (Å²) in [5.41, 5.74) is 0.780. The molecule has 8 heteroatoms. The summed E-state index contributed by atoms with van der Waals surface area (Å²) in [7, 11) is -3.67. The number of benzene rings is 2. The first-order chi connectivity index (χ1) is 14.5. The van der Waals surface area contributed by atoms with Gasteiger partial charge in [-0.3, -0.25) is 9.59 Å². The summed E-state index contributed by atoms with van der Waals surface area (Å²) in [5.74, 6) is -1.07. The topological polar surface area (TPSA) is 92.8 Å². The zero-order valence-corrected chi connectivity index (χ0v) is 19.5. The maximum absolute atomic E-state index is 12.9. The Kier molecular flexibility index (Phi) is 7.97. The molecule has 2 aromatic carbocycles. The largest absolute Gasteiger partial charge is 0.455 e. The van der Waals surface area contributed by atoms with E-state index in [1.165, 1.54) is 10.4 Å². The summed E-state index contributed by atoms with van der Waals surface area (Å²) in [4.78, 5) is 25.0. The Morgan fingerprint density at radius 3 is 2.23 bits per heavy atom. The second kappa shape index (κ2) is 10.1. The molecule has 0 fully saturated rings. The van der Waals surface area contributed by atoms with E-state index in [0.29, 0.717) is 24.3 Å². The predicted molar refractivity (Wildman–Crippen MR) is 120 cm³/mol. The lowest BCUT2D eigenvalue weighted by Gasteiger charge is -2.23. The van der Waals surface area contributed by atoms with Gasteiger partial charge in [0.05, 0.1) is 10.3 Å². The Bertz CT molecular complexity index is 1030. The third kappa shape index (κ3) is 5.71. The summed E-state index contributed by atoms with van der Waals surface area (Å²) < 4.78 is 32.3. The van der Waals surface area contributed by atoms with Gasteiger partial charge in [-0.05, 0) is 44.0 Å². The van der Waals surface area contributed by atoms with Crippen LogP contribution in [0.25, 0.3) is 0 Å². The summed E-state index contributed by atoms with van der Waals surface area (Å²) in [6.45, 7) is 8.93. The number of sulfonamides is 1. The molecule has 31 heavy (non-hydrogen) atoms. The van der Waals surface area contributed by atoms with E-state index in [1.807, 2.05) is 30.3 Å². The average Bonchev–Trinajstić information content (AvgIpc) is 2.74. The predicted octanol–water partition coefficient (Wildman–Crippen LogP) is 3.49. The van der Waals surface area contributed by atoms with Gasteiger partial charge >= 0.3 is 5.97 Å². The SMILES string of the molecule is CCN(CC)S(=O)(=O)c1cc(NC(=O)COC(=O)C(C)(C)c2ccccc2)ccc1C. The summed E-state index contributed by atoms with van der Waals surface area (Å²) in [6.07, 6.45) is 0. The minimum Gasteiger partial charge on any atom is -0.455 e. The molecule has 7 nitrogen and oxygen atoms in total. The monoisotopic (exact) mass is 446 g/mol. The van der Waals surface area contributed by atoms with Crippen molar-refractivity contribution >= 4 is 27.6 Å². The zero-order valence-electron chi connectivity index (χ0n) is 18.6. The van der Waals surface area contributed by atoms with Crippen LogP contribution in [0.15, 0.2) is 53.4 Å². The van der Waals surface area contributed by atoms with Gasteiger partial charge in [-0.15, -0.1) is 0 Å². The number of ether oxygens (including phenoxy) is 1. The molecule has 0 aliphatic rings. The highest BCUT2D eigenvalue weighted by atomic mass is 32.2. The van der Waals surface area contributed by atoms with Crippen LogP contribution in [0, 0.1) is 6.92 Å². The Labute approximate surface area is 184 Å². The van der Waals surface area contributed by atoms with E-state index in [1.54, 1.807) is 46.8 Å². The molecule has 0 aromatic heterocycles. The van der Waals surface area contributed by atoms with Gasteiger partial charge in [0, 0.05) is 18.8 Å². The number of nitrogens with zero attached hydrogens (tertiary/aromatic N) is 1. The van der Waals surface area contributed by atoms with Crippen LogP contribution >= 0.6 is 0 Å². The molecule has 1 N–H and O–H groups in total. The minimum atomic E-state index is -3.67. The number of aryl methyl sites for hydroxylation is 1. The van der Waals surface area contributed by atoms with E-state index in [-0.39, 0.29) is 4.90 Å². The van der Waals surface area contributed by atoms with E-state index < -0.39 is 33.9 Å². The van der Waals surface area contributed by atoms with Gasteiger partial charge in [0.1, 0.15) is 0 Å². The van der Waals surface area contributed by atoms with Gasteiger partial charge in [0.25, 0.3) is 5.91 Å². The van der Waals surface area contributed by atoms with Crippen molar-refractivity contribution in [3.63, 3.8) is 0 Å². The van der Waals surface area contributed by atoms with Crippen LogP contribution < -0.4 is 5.32 Å². The van der Waals surface area contributed by atoms with Gasteiger partial charge < -0.3 is 10.1 Å². The van der Waals surface area contributed by atoms with Crippen LogP contribution in [-0.4, -0.2) is 44.3 Å². The first kappa shape index (κ1) is 24.6. The van der Waals surface area contributed by atoms with Crippen molar-refractivity contribution < 1.29 is 22.7 Å². The van der Waals surface area contributed by atoms with Gasteiger partial charge in [-0.1, -0.05) is 50.2 Å². The molecule has 0 atom stereocenters. The van der Waals surface area contributed by atoms with E-state index >= 15 is 0 Å². The fraction of sp³-hybridized carbons (Fsp3) is 0.391. The molecular formula is C23H30N2O5S. The van der Waals surface area contributed by atoms with Crippen LogP contribution in [-0.2, 0) is 29.8 Å². The van der Waals surface area contributed by atoms with Crippen LogP contribution in [0.2, 0.25) is 0 Å². The molecule has 0 unspecified atom stereocenters.